The maximum atomic E-state index is 12.8. The number of pyridine rings is 1. The lowest BCUT2D eigenvalue weighted by molar-refractivity contribution is 0.104. The zero-order chi connectivity index (χ0) is 16.0. The summed E-state index contributed by atoms with van der Waals surface area (Å²) in [5, 5.41) is 19.6. The lowest BCUT2D eigenvalue weighted by Crippen LogP contribution is -2.01. The highest BCUT2D eigenvalue weighted by molar-refractivity contribution is 6.24. The molecule has 0 bridgehead atoms. The number of para-hydroxylation sites is 1. The second-order valence-corrected chi connectivity index (χ2v) is 5.27. The van der Waals surface area contributed by atoms with Crippen LogP contribution in [0.5, 0.6) is 5.75 Å². The Morgan fingerprint density at radius 1 is 0.913 bits per heavy atom. The highest BCUT2D eigenvalue weighted by Gasteiger charge is 2.32. The Morgan fingerprint density at radius 3 is 2.26 bits per heavy atom. The van der Waals surface area contributed by atoms with E-state index in [-0.39, 0.29) is 17.1 Å². The van der Waals surface area contributed by atoms with Gasteiger partial charge in [0, 0.05) is 28.5 Å². The summed E-state index contributed by atoms with van der Waals surface area (Å²) in [7, 11) is 0. The molecule has 0 saturated carbocycles. The van der Waals surface area contributed by atoms with E-state index in [1.54, 1.807) is 30.3 Å². The number of carbonyl (C=O) groups excluding carboxylic acids is 1. The van der Waals surface area contributed by atoms with E-state index in [2.05, 4.69) is 11.1 Å². The van der Waals surface area contributed by atoms with Gasteiger partial charge in [0.05, 0.1) is 16.8 Å². The van der Waals surface area contributed by atoms with Crippen LogP contribution in [0.2, 0.25) is 0 Å². The van der Waals surface area contributed by atoms with Crippen molar-refractivity contribution in [1.82, 2.24) is 4.98 Å². The van der Waals surface area contributed by atoms with Crippen LogP contribution in [0.15, 0.2) is 54.7 Å². The first-order valence-corrected chi connectivity index (χ1v) is 7.08. The number of phenols is 1. The number of rotatable bonds is 1. The van der Waals surface area contributed by atoms with Crippen molar-refractivity contribution in [1.29, 1.82) is 5.26 Å². The van der Waals surface area contributed by atoms with Crippen LogP contribution in [0.25, 0.3) is 22.4 Å². The smallest absolute Gasteiger partial charge is 0.196 e. The van der Waals surface area contributed by atoms with Crippen LogP contribution < -0.4 is 0 Å². The fourth-order valence-corrected chi connectivity index (χ4v) is 3.01. The highest BCUT2D eigenvalue weighted by atomic mass is 16.3. The number of nitrogens with zero attached hydrogens (tertiary/aromatic N) is 2. The largest absolute Gasteiger partial charge is 0.507 e. The third-order valence-electron chi connectivity index (χ3n) is 4.03. The first kappa shape index (κ1) is 13.2. The molecule has 23 heavy (non-hydrogen) atoms. The molecule has 1 heterocycles. The summed E-state index contributed by atoms with van der Waals surface area (Å²) >= 11 is 0. The van der Waals surface area contributed by atoms with E-state index >= 15 is 0 Å². The van der Waals surface area contributed by atoms with Gasteiger partial charge in [-0.2, -0.15) is 5.26 Å². The summed E-state index contributed by atoms with van der Waals surface area (Å²) in [5.74, 6) is -0.139. The number of hydrogen-bond donors (Lipinski definition) is 1. The molecule has 0 unspecified atom stereocenters. The van der Waals surface area contributed by atoms with Gasteiger partial charge in [-0.05, 0) is 6.07 Å². The van der Waals surface area contributed by atoms with Crippen molar-refractivity contribution >= 4 is 5.78 Å². The van der Waals surface area contributed by atoms with E-state index in [9.17, 15) is 15.2 Å². The van der Waals surface area contributed by atoms with E-state index in [0.717, 1.165) is 5.56 Å². The molecular weight excluding hydrogens is 288 g/mol. The zero-order valence-corrected chi connectivity index (χ0v) is 11.9. The van der Waals surface area contributed by atoms with Gasteiger partial charge in [0.2, 0.25) is 0 Å². The number of benzene rings is 2. The van der Waals surface area contributed by atoms with Crippen LogP contribution in [-0.4, -0.2) is 15.9 Å². The van der Waals surface area contributed by atoms with Crippen LogP contribution >= 0.6 is 0 Å². The fourth-order valence-electron chi connectivity index (χ4n) is 3.01. The fraction of sp³-hybridized carbons (Fsp3) is 0. The lowest BCUT2D eigenvalue weighted by atomic mass is 9.93. The van der Waals surface area contributed by atoms with Crippen LogP contribution in [0.3, 0.4) is 0 Å². The van der Waals surface area contributed by atoms with E-state index in [1.807, 2.05) is 12.1 Å². The molecule has 108 valence electrons. The van der Waals surface area contributed by atoms with Crippen molar-refractivity contribution in [3.8, 4) is 34.2 Å². The number of phenolic OH excluding ortho intramolecular Hbond substituents is 1. The second-order valence-electron chi connectivity index (χ2n) is 5.27. The molecule has 0 saturated heterocycles. The average Bonchev–Trinajstić information content (AvgIpc) is 2.88. The van der Waals surface area contributed by atoms with Crippen molar-refractivity contribution in [2.45, 2.75) is 0 Å². The third kappa shape index (κ3) is 1.77. The minimum atomic E-state index is -0.168. The van der Waals surface area contributed by atoms with Crippen LogP contribution in [0, 0.1) is 11.3 Å². The Hall–Kier alpha value is -3.45. The third-order valence-corrected chi connectivity index (χ3v) is 4.03. The number of hydrogen-bond acceptors (Lipinski definition) is 4. The van der Waals surface area contributed by atoms with Crippen molar-refractivity contribution < 1.29 is 9.90 Å². The summed E-state index contributed by atoms with van der Waals surface area (Å²) in [6.45, 7) is 0. The van der Waals surface area contributed by atoms with Crippen LogP contribution in [-0.2, 0) is 0 Å². The van der Waals surface area contributed by atoms with E-state index in [1.165, 1.54) is 12.3 Å². The summed E-state index contributed by atoms with van der Waals surface area (Å²) in [6, 6.07) is 16.0. The Balaban J connectivity index is 2.12. The molecular formula is C19H10N2O2. The van der Waals surface area contributed by atoms with E-state index in [4.69, 9.17) is 0 Å². The molecule has 4 heteroatoms. The van der Waals surface area contributed by atoms with Crippen LogP contribution in [0.4, 0.5) is 0 Å². The van der Waals surface area contributed by atoms with Gasteiger partial charge in [-0.1, -0.05) is 42.5 Å². The van der Waals surface area contributed by atoms with E-state index < -0.39 is 0 Å². The number of fused-ring (bicyclic) bond motifs is 3. The first-order valence-electron chi connectivity index (χ1n) is 7.08. The van der Waals surface area contributed by atoms with Gasteiger partial charge >= 0.3 is 0 Å². The van der Waals surface area contributed by atoms with Crippen molar-refractivity contribution in [2.75, 3.05) is 0 Å². The van der Waals surface area contributed by atoms with Gasteiger partial charge in [0.1, 0.15) is 11.8 Å². The lowest BCUT2D eigenvalue weighted by Gasteiger charge is -2.11. The van der Waals surface area contributed by atoms with Crippen LogP contribution in [0.1, 0.15) is 21.5 Å². The maximum absolute atomic E-state index is 12.8. The quantitative estimate of drug-likeness (QED) is 0.583. The summed E-state index contributed by atoms with van der Waals surface area (Å²) in [6.07, 6.45) is 1.45. The molecule has 1 aliphatic rings. The Kier molecular flexibility index (Phi) is 2.75. The predicted octanol–water partition coefficient (Wildman–Crippen LogP) is 3.54. The van der Waals surface area contributed by atoms with Crippen molar-refractivity contribution in [3.63, 3.8) is 0 Å². The average molecular weight is 298 g/mol. The normalized spacial score (nSPS) is 11.7. The monoisotopic (exact) mass is 298 g/mol. The van der Waals surface area contributed by atoms with Gasteiger partial charge in [-0.15, -0.1) is 0 Å². The number of nitriles is 1. The molecule has 0 amide bonds. The number of aromatic hydroxyl groups is 1. The molecule has 1 N–H and O–H groups in total. The second kappa shape index (κ2) is 4.79. The van der Waals surface area contributed by atoms with Gasteiger partial charge in [-0.3, -0.25) is 9.78 Å². The molecule has 1 aliphatic carbocycles. The topological polar surface area (TPSA) is 74.0 Å². The zero-order valence-electron chi connectivity index (χ0n) is 11.9. The van der Waals surface area contributed by atoms with Gasteiger partial charge < -0.3 is 5.11 Å². The number of carbonyl (C=O) groups is 1. The number of ketones is 1. The first-order chi connectivity index (χ1) is 11.2. The molecule has 4 rings (SSSR count). The molecule has 0 radical (unpaired) electrons. The maximum Gasteiger partial charge on any atom is 0.196 e. The molecule has 0 spiro atoms. The molecule has 0 atom stereocenters. The highest BCUT2D eigenvalue weighted by Crippen LogP contribution is 2.43. The van der Waals surface area contributed by atoms with Crippen molar-refractivity contribution in [3.05, 3.63) is 71.4 Å². The minimum Gasteiger partial charge on any atom is -0.507 e. The molecule has 3 aromatic rings. The Bertz CT molecular complexity index is 1020. The van der Waals surface area contributed by atoms with Gasteiger partial charge in [0.25, 0.3) is 0 Å². The van der Waals surface area contributed by atoms with Crippen molar-refractivity contribution in [2.24, 2.45) is 0 Å². The Morgan fingerprint density at radius 2 is 1.57 bits per heavy atom. The standard InChI is InChI=1S/C19H10N2O2/c20-9-11-10-21-18-12-5-1-2-6-13(12)19(23)17(18)16(11)14-7-3-4-8-15(14)22/h1-8,10,22H. The minimum absolute atomic E-state index is 0.0288. The molecule has 1 aromatic heterocycles. The van der Waals surface area contributed by atoms with Gasteiger partial charge in [0.15, 0.2) is 5.78 Å². The Labute approximate surface area is 132 Å². The predicted molar refractivity (Wildman–Crippen MR) is 84.9 cm³/mol. The SMILES string of the molecule is N#Cc1cnc2c(c1-c1ccccc1O)C(=O)c1ccccc1-2. The molecule has 2 aromatic carbocycles. The van der Waals surface area contributed by atoms with E-state index in [0.29, 0.717) is 27.9 Å². The molecule has 0 aliphatic heterocycles. The number of aromatic nitrogens is 1. The van der Waals surface area contributed by atoms with Gasteiger partial charge in [-0.25, -0.2) is 0 Å². The summed E-state index contributed by atoms with van der Waals surface area (Å²) in [4.78, 5) is 17.1. The summed E-state index contributed by atoms with van der Waals surface area (Å²) in [5.41, 5.74) is 3.44. The summed E-state index contributed by atoms with van der Waals surface area (Å²) < 4.78 is 0. The molecule has 0 fully saturated rings. The molecule has 4 nitrogen and oxygen atoms in total.